The van der Waals surface area contributed by atoms with Gasteiger partial charge < -0.3 is 0 Å². The van der Waals surface area contributed by atoms with Gasteiger partial charge in [0.15, 0.2) is 7.05 Å². The molecule has 0 amide bonds. The van der Waals surface area contributed by atoms with E-state index < -0.39 is 14.9 Å². The minimum atomic E-state index is -3.53. The molecule has 0 fully saturated rings. The zero-order valence-electron chi connectivity index (χ0n) is 10.4. The number of hydrogen-bond donors (Lipinski definition) is 1. The van der Waals surface area contributed by atoms with Crippen LogP contribution in [0.25, 0.3) is 0 Å². The first-order valence-electron chi connectivity index (χ1n) is 4.91. The van der Waals surface area contributed by atoms with Crippen molar-refractivity contribution in [2.75, 3.05) is 7.05 Å². The number of rotatable bonds is 1. The van der Waals surface area contributed by atoms with Gasteiger partial charge in [-0.3, -0.25) is 10.1 Å². The molecule has 1 rings (SSSR count). The number of nitrogens with zero attached hydrogens (tertiary/aromatic N) is 1. The fourth-order valence-electron chi connectivity index (χ4n) is 0.876. The smallest absolute Gasteiger partial charge is 0.238 e. The average molecular weight is 262 g/mol. The molecule has 0 spiro atoms. The van der Waals surface area contributed by atoms with Crippen molar-refractivity contribution in [2.24, 2.45) is 5.14 Å². The fourth-order valence-corrected chi connectivity index (χ4v) is 1.66. The van der Waals surface area contributed by atoms with E-state index in [9.17, 15) is 8.42 Å². The molecule has 2 N–H and O–H groups in total. The molecule has 0 unspecified atom stereocenters. The fraction of sp³-hybridized carbons (Fsp3) is 0.400. The number of nitrogens with two attached hydrogens (primary N) is 1. The van der Waals surface area contributed by atoms with E-state index in [1.165, 1.54) is 6.07 Å². The maximum Gasteiger partial charge on any atom is 0.238 e. The van der Waals surface area contributed by atoms with Crippen LogP contribution in [0.15, 0.2) is 29.2 Å². The molecule has 0 atom stereocenters. The Hall–Kier alpha value is -1.47. The Morgan fingerprint density at radius 1 is 1.24 bits per heavy atom. The first kappa shape index (κ1) is 17.9. The number of primary sulfonamides is 1. The number of sulfonamides is 1. The van der Waals surface area contributed by atoms with E-state index in [-0.39, 0.29) is 4.90 Å². The van der Waals surface area contributed by atoms with E-state index in [4.69, 9.17) is 15.3 Å². The first-order valence-corrected chi connectivity index (χ1v) is 6.46. The molecule has 0 aliphatic rings. The Morgan fingerprint density at radius 3 is 1.82 bits per heavy atom. The third-order valence-corrected chi connectivity index (χ3v) is 2.47. The van der Waals surface area contributed by atoms with Crippen LogP contribution in [0.3, 0.4) is 0 Å². The Bertz CT molecular complexity index is 439. The predicted molar refractivity (Wildman–Crippen MR) is 66.8 cm³/mol. The largest absolute Gasteiger partial charge is 0.265 e. The molecule has 0 radical (unpaired) electrons. The summed E-state index contributed by atoms with van der Waals surface area (Å²) in [6, 6.07) is 6.61. The van der Waals surface area contributed by atoms with Crippen LogP contribution >= 0.6 is 0 Å². The van der Waals surface area contributed by atoms with Gasteiger partial charge in [0.1, 0.15) is 0 Å². The summed E-state index contributed by atoms with van der Waals surface area (Å²) in [5.41, 5.74) is 0.676. The standard InChI is InChI=1S/C7H9NO2S.C2H6.CH3NO2/c1-6-4-2-3-5-7(6)11(8,9)10;1-2;1-2(3)4/h2-5H,1H3,(H2,8,9,10);1-2H3;1H3. The summed E-state index contributed by atoms with van der Waals surface area (Å²) >= 11 is 0. The summed E-state index contributed by atoms with van der Waals surface area (Å²) in [4.78, 5) is 8.50. The van der Waals surface area contributed by atoms with Gasteiger partial charge in [0.2, 0.25) is 10.0 Å². The predicted octanol–water partition coefficient (Wildman–Crippen LogP) is 1.56. The Morgan fingerprint density at radius 2 is 1.59 bits per heavy atom. The molecule has 98 valence electrons. The molecule has 6 nitrogen and oxygen atoms in total. The quantitative estimate of drug-likeness (QED) is 0.612. The summed E-state index contributed by atoms with van der Waals surface area (Å²) in [5.74, 6) is 0. The minimum absolute atomic E-state index is 0.194. The highest BCUT2D eigenvalue weighted by Crippen LogP contribution is 2.10. The molecule has 0 saturated heterocycles. The molecular weight excluding hydrogens is 244 g/mol. The van der Waals surface area contributed by atoms with E-state index in [0.29, 0.717) is 5.56 Å². The van der Waals surface area contributed by atoms with Gasteiger partial charge in [-0.1, -0.05) is 32.0 Å². The third-order valence-electron chi connectivity index (χ3n) is 1.40. The average Bonchev–Trinajstić information content (AvgIpc) is 2.19. The minimum Gasteiger partial charge on any atom is -0.265 e. The van der Waals surface area contributed by atoms with Crippen LogP contribution in [-0.4, -0.2) is 20.4 Å². The topological polar surface area (TPSA) is 103 Å². The van der Waals surface area contributed by atoms with Crippen LogP contribution in [0.2, 0.25) is 0 Å². The van der Waals surface area contributed by atoms with Crippen molar-refractivity contribution in [2.45, 2.75) is 25.7 Å². The Labute approximate surface area is 102 Å². The first-order chi connectivity index (χ1) is 7.75. The second-order valence-electron chi connectivity index (χ2n) is 2.75. The maximum absolute atomic E-state index is 10.8. The summed E-state index contributed by atoms with van der Waals surface area (Å²) in [7, 11) is -2.64. The van der Waals surface area contributed by atoms with Crippen LogP contribution in [0.1, 0.15) is 19.4 Å². The van der Waals surface area contributed by atoms with E-state index >= 15 is 0 Å². The normalized spacial score (nSPS) is 9.24. The number of hydrogen-bond acceptors (Lipinski definition) is 4. The van der Waals surface area contributed by atoms with Crippen LogP contribution in [-0.2, 0) is 10.0 Å². The van der Waals surface area contributed by atoms with Crippen LogP contribution < -0.4 is 5.14 Å². The molecule has 0 heterocycles. The van der Waals surface area contributed by atoms with E-state index in [1.54, 1.807) is 25.1 Å². The lowest BCUT2D eigenvalue weighted by molar-refractivity contribution is -0.445. The summed E-state index contributed by atoms with van der Waals surface area (Å²) in [6.07, 6.45) is 0. The molecule has 0 aromatic heterocycles. The third kappa shape index (κ3) is 9.46. The number of aryl methyl sites for hydroxylation is 1. The van der Waals surface area contributed by atoms with E-state index in [2.05, 4.69) is 0 Å². The van der Waals surface area contributed by atoms with Crippen molar-refractivity contribution in [3.8, 4) is 0 Å². The molecular formula is C10H18N2O4S. The molecule has 0 aliphatic heterocycles. The van der Waals surface area contributed by atoms with Crippen LogP contribution in [0.5, 0.6) is 0 Å². The molecule has 0 saturated carbocycles. The molecule has 1 aromatic rings. The summed E-state index contributed by atoms with van der Waals surface area (Å²) in [5, 5.41) is 13.7. The van der Waals surface area contributed by atoms with Crippen molar-refractivity contribution in [3.05, 3.63) is 39.9 Å². The Kier molecular flexibility index (Phi) is 9.12. The van der Waals surface area contributed by atoms with Gasteiger partial charge >= 0.3 is 0 Å². The number of benzene rings is 1. The van der Waals surface area contributed by atoms with Crippen molar-refractivity contribution in [3.63, 3.8) is 0 Å². The SMILES string of the molecule is CC.C[N+](=O)[O-].Cc1ccccc1S(N)(=O)=O. The monoisotopic (exact) mass is 262 g/mol. The van der Waals surface area contributed by atoms with Gasteiger partial charge in [-0.25, -0.2) is 13.6 Å². The van der Waals surface area contributed by atoms with Gasteiger partial charge in [-0.05, 0) is 18.6 Å². The second kappa shape index (κ2) is 8.66. The van der Waals surface area contributed by atoms with E-state index in [0.717, 1.165) is 7.05 Å². The molecule has 7 heteroatoms. The van der Waals surface area contributed by atoms with Gasteiger partial charge in [-0.15, -0.1) is 0 Å². The van der Waals surface area contributed by atoms with Crippen molar-refractivity contribution >= 4 is 10.0 Å². The lowest BCUT2D eigenvalue weighted by Crippen LogP contribution is -2.13. The maximum atomic E-state index is 10.8. The zero-order valence-corrected chi connectivity index (χ0v) is 11.2. The van der Waals surface area contributed by atoms with Crippen LogP contribution in [0, 0.1) is 17.0 Å². The summed E-state index contributed by atoms with van der Waals surface area (Å²) in [6.45, 7) is 5.71. The molecule has 0 aliphatic carbocycles. The van der Waals surface area contributed by atoms with E-state index in [1.807, 2.05) is 13.8 Å². The summed E-state index contributed by atoms with van der Waals surface area (Å²) < 4.78 is 21.7. The zero-order chi connectivity index (χ0) is 14.1. The highest BCUT2D eigenvalue weighted by Gasteiger charge is 2.08. The molecule has 1 aromatic carbocycles. The van der Waals surface area contributed by atoms with Gasteiger partial charge in [0, 0.05) is 4.92 Å². The molecule has 0 bridgehead atoms. The highest BCUT2D eigenvalue weighted by atomic mass is 32.2. The Balaban J connectivity index is 0. The molecule has 17 heavy (non-hydrogen) atoms. The lowest BCUT2D eigenvalue weighted by atomic mass is 10.2. The van der Waals surface area contributed by atoms with Crippen molar-refractivity contribution in [1.29, 1.82) is 0 Å². The second-order valence-corrected chi connectivity index (χ2v) is 4.28. The van der Waals surface area contributed by atoms with Gasteiger partial charge in [0.25, 0.3) is 0 Å². The highest BCUT2D eigenvalue weighted by molar-refractivity contribution is 7.89. The van der Waals surface area contributed by atoms with Gasteiger partial charge in [-0.2, -0.15) is 0 Å². The van der Waals surface area contributed by atoms with Gasteiger partial charge in [0.05, 0.1) is 4.90 Å². The van der Waals surface area contributed by atoms with Crippen molar-refractivity contribution < 1.29 is 13.3 Å². The van der Waals surface area contributed by atoms with Crippen molar-refractivity contribution in [1.82, 2.24) is 0 Å². The number of nitro groups is 1. The lowest BCUT2D eigenvalue weighted by Gasteiger charge is -2.00. The van der Waals surface area contributed by atoms with Crippen LogP contribution in [0.4, 0.5) is 0 Å².